The zero-order valence-electron chi connectivity index (χ0n) is 17.5. The Hall–Kier alpha value is -2.86. The number of thioether (sulfide) groups is 1. The Balaban J connectivity index is 1.54. The van der Waals surface area contributed by atoms with Crippen LogP contribution in [0.25, 0.3) is 22.5 Å². The minimum atomic E-state index is -0.0901. The van der Waals surface area contributed by atoms with Crippen molar-refractivity contribution in [2.24, 2.45) is 0 Å². The van der Waals surface area contributed by atoms with Crippen molar-refractivity contribution in [3.8, 4) is 5.69 Å². The maximum atomic E-state index is 13.4. The number of hydrogen-bond acceptors (Lipinski definition) is 3. The third kappa shape index (κ3) is 3.56. The van der Waals surface area contributed by atoms with Crippen molar-refractivity contribution in [3.05, 3.63) is 99.7 Å². The summed E-state index contributed by atoms with van der Waals surface area (Å²) in [5, 5.41) is 2.79. The number of amides is 1. The molecular formula is C26H19ClN2OS2. The molecule has 0 saturated carbocycles. The molecule has 1 fully saturated rings. The van der Waals surface area contributed by atoms with Crippen molar-refractivity contribution in [1.82, 2.24) is 4.57 Å². The molecule has 1 aliphatic heterocycles. The molecule has 0 atom stereocenters. The van der Waals surface area contributed by atoms with Crippen molar-refractivity contribution in [2.75, 3.05) is 4.90 Å². The molecule has 0 N–H and O–H groups in total. The Kier molecular flexibility index (Phi) is 5.41. The second kappa shape index (κ2) is 8.24. The summed E-state index contributed by atoms with van der Waals surface area (Å²) in [5.74, 6) is -0.0901. The van der Waals surface area contributed by atoms with Gasteiger partial charge in [-0.25, -0.2) is 0 Å². The van der Waals surface area contributed by atoms with Crippen molar-refractivity contribution < 1.29 is 4.79 Å². The van der Waals surface area contributed by atoms with E-state index in [-0.39, 0.29) is 5.91 Å². The minimum Gasteiger partial charge on any atom is -0.318 e. The number of benzene rings is 3. The molecule has 4 aromatic rings. The quantitative estimate of drug-likeness (QED) is 0.230. The predicted octanol–water partition coefficient (Wildman–Crippen LogP) is 7.31. The van der Waals surface area contributed by atoms with Crippen molar-refractivity contribution in [1.29, 1.82) is 0 Å². The Bertz CT molecular complexity index is 1410. The van der Waals surface area contributed by atoms with E-state index in [2.05, 4.69) is 24.5 Å². The van der Waals surface area contributed by atoms with Gasteiger partial charge in [0.2, 0.25) is 0 Å². The minimum absolute atomic E-state index is 0.0901. The van der Waals surface area contributed by atoms with Gasteiger partial charge < -0.3 is 4.57 Å². The van der Waals surface area contributed by atoms with Crippen LogP contribution in [0.3, 0.4) is 0 Å². The predicted molar refractivity (Wildman–Crippen MR) is 140 cm³/mol. The van der Waals surface area contributed by atoms with Crippen LogP contribution in [0.5, 0.6) is 0 Å². The van der Waals surface area contributed by atoms with Gasteiger partial charge in [-0.15, -0.1) is 0 Å². The highest BCUT2D eigenvalue weighted by atomic mass is 35.5. The smallest absolute Gasteiger partial charge is 0.270 e. The Morgan fingerprint density at radius 1 is 0.969 bits per heavy atom. The van der Waals surface area contributed by atoms with Crippen LogP contribution in [0.4, 0.5) is 5.69 Å². The SMILES string of the molecule is Cc1cc(/C=C2\SC(=S)N(c3cccc4ccccc34)C2=O)c(C)n1-c1ccc(Cl)cc1. The molecule has 0 aliphatic carbocycles. The van der Waals surface area contributed by atoms with Crippen LogP contribution in [-0.4, -0.2) is 14.8 Å². The highest BCUT2D eigenvalue weighted by molar-refractivity contribution is 8.27. The molecule has 0 spiro atoms. The van der Waals surface area contributed by atoms with E-state index in [4.69, 9.17) is 23.8 Å². The molecule has 6 heteroatoms. The summed E-state index contributed by atoms with van der Waals surface area (Å²) in [7, 11) is 0. The number of hydrogen-bond donors (Lipinski definition) is 0. The van der Waals surface area contributed by atoms with Crippen LogP contribution in [0.2, 0.25) is 5.02 Å². The number of halogens is 1. The fourth-order valence-corrected chi connectivity index (χ4v) is 5.54. The third-order valence-electron chi connectivity index (χ3n) is 5.64. The van der Waals surface area contributed by atoms with E-state index in [0.717, 1.165) is 39.1 Å². The van der Waals surface area contributed by atoms with E-state index in [1.807, 2.05) is 72.8 Å². The second-order valence-corrected chi connectivity index (χ2v) is 9.77. The summed E-state index contributed by atoms with van der Waals surface area (Å²) in [6.07, 6.45) is 1.94. The van der Waals surface area contributed by atoms with Gasteiger partial charge in [0.15, 0.2) is 4.32 Å². The molecule has 1 aromatic heterocycles. The molecule has 1 saturated heterocycles. The summed E-state index contributed by atoms with van der Waals surface area (Å²) >= 11 is 13.0. The first-order valence-corrected chi connectivity index (χ1v) is 11.7. The maximum absolute atomic E-state index is 13.4. The Morgan fingerprint density at radius 3 is 2.47 bits per heavy atom. The number of rotatable bonds is 3. The normalized spacial score (nSPS) is 15.3. The largest absolute Gasteiger partial charge is 0.318 e. The molecule has 32 heavy (non-hydrogen) atoms. The zero-order chi connectivity index (χ0) is 22.4. The number of carbonyl (C=O) groups is 1. The zero-order valence-corrected chi connectivity index (χ0v) is 19.9. The number of nitrogens with zero attached hydrogens (tertiary/aromatic N) is 2. The lowest BCUT2D eigenvalue weighted by atomic mass is 10.1. The van der Waals surface area contributed by atoms with E-state index in [1.165, 1.54) is 11.8 Å². The topological polar surface area (TPSA) is 25.2 Å². The Morgan fingerprint density at radius 2 is 1.69 bits per heavy atom. The molecule has 3 nitrogen and oxygen atoms in total. The standard InChI is InChI=1S/C26H19ClN2OS2/c1-16-14-19(17(2)28(16)21-12-10-20(27)11-13-21)15-24-25(30)29(26(31)32-24)23-9-5-7-18-6-3-4-8-22(18)23/h3-15H,1-2H3/b24-15-. The lowest BCUT2D eigenvalue weighted by Crippen LogP contribution is -2.27. The molecular weight excluding hydrogens is 456 g/mol. The summed E-state index contributed by atoms with van der Waals surface area (Å²) in [6.45, 7) is 4.11. The van der Waals surface area contributed by atoms with E-state index in [9.17, 15) is 4.79 Å². The van der Waals surface area contributed by atoms with Gasteiger partial charge in [-0.05, 0) is 67.3 Å². The summed E-state index contributed by atoms with van der Waals surface area (Å²) in [4.78, 5) is 15.7. The van der Waals surface area contributed by atoms with Gasteiger partial charge in [-0.1, -0.05) is 72.0 Å². The van der Waals surface area contributed by atoms with Crippen LogP contribution >= 0.6 is 35.6 Å². The lowest BCUT2D eigenvalue weighted by molar-refractivity contribution is -0.113. The van der Waals surface area contributed by atoms with Gasteiger partial charge in [0.1, 0.15) is 0 Å². The van der Waals surface area contributed by atoms with Crippen molar-refractivity contribution >= 4 is 68.3 Å². The number of fused-ring (bicyclic) bond motifs is 1. The molecule has 5 rings (SSSR count). The van der Waals surface area contributed by atoms with Gasteiger partial charge in [-0.2, -0.15) is 0 Å². The molecule has 0 unspecified atom stereocenters. The van der Waals surface area contributed by atoms with E-state index in [0.29, 0.717) is 14.2 Å². The second-order valence-electron chi connectivity index (χ2n) is 7.65. The molecule has 1 aliphatic rings. The average Bonchev–Trinajstić information content (AvgIpc) is 3.22. The van der Waals surface area contributed by atoms with Crippen LogP contribution in [-0.2, 0) is 4.79 Å². The van der Waals surface area contributed by atoms with Crippen LogP contribution < -0.4 is 4.90 Å². The number of thiocarbonyl (C=S) groups is 1. The number of aromatic nitrogens is 1. The highest BCUT2D eigenvalue weighted by Crippen LogP contribution is 2.39. The molecule has 3 aromatic carbocycles. The number of anilines is 1. The lowest BCUT2D eigenvalue weighted by Gasteiger charge is -2.17. The van der Waals surface area contributed by atoms with Gasteiger partial charge in [0.05, 0.1) is 10.6 Å². The molecule has 1 amide bonds. The fourth-order valence-electron chi connectivity index (χ4n) is 4.14. The number of aryl methyl sites for hydroxylation is 1. The van der Waals surface area contributed by atoms with Gasteiger partial charge in [-0.3, -0.25) is 9.69 Å². The van der Waals surface area contributed by atoms with Crippen molar-refractivity contribution in [3.63, 3.8) is 0 Å². The Labute approximate surface area is 201 Å². The van der Waals surface area contributed by atoms with Gasteiger partial charge in [0.25, 0.3) is 5.91 Å². The monoisotopic (exact) mass is 474 g/mol. The fraction of sp³-hybridized carbons (Fsp3) is 0.0769. The molecule has 158 valence electrons. The van der Waals surface area contributed by atoms with Crippen LogP contribution in [0, 0.1) is 13.8 Å². The highest BCUT2D eigenvalue weighted by Gasteiger charge is 2.34. The maximum Gasteiger partial charge on any atom is 0.270 e. The summed E-state index contributed by atoms with van der Waals surface area (Å²) in [5.41, 5.74) is 4.99. The summed E-state index contributed by atoms with van der Waals surface area (Å²) < 4.78 is 2.71. The van der Waals surface area contributed by atoms with E-state index >= 15 is 0 Å². The third-order valence-corrected chi connectivity index (χ3v) is 7.20. The molecule has 0 radical (unpaired) electrons. The van der Waals surface area contributed by atoms with Crippen LogP contribution in [0.1, 0.15) is 17.0 Å². The van der Waals surface area contributed by atoms with Crippen LogP contribution in [0.15, 0.2) is 77.7 Å². The molecule has 2 heterocycles. The first kappa shape index (κ1) is 21.0. The van der Waals surface area contributed by atoms with E-state index < -0.39 is 0 Å². The molecule has 0 bridgehead atoms. The van der Waals surface area contributed by atoms with Crippen molar-refractivity contribution in [2.45, 2.75) is 13.8 Å². The average molecular weight is 475 g/mol. The van der Waals surface area contributed by atoms with Gasteiger partial charge >= 0.3 is 0 Å². The first-order valence-electron chi connectivity index (χ1n) is 10.1. The first-order chi connectivity index (χ1) is 15.4. The van der Waals surface area contributed by atoms with E-state index in [1.54, 1.807) is 4.90 Å². The van der Waals surface area contributed by atoms with Gasteiger partial charge in [0, 0.05) is 27.5 Å². The number of carbonyl (C=O) groups excluding carboxylic acids is 1. The summed E-state index contributed by atoms with van der Waals surface area (Å²) in [6, 6.07) is 23.8.